The van der Waals surface area contributed by atoms with Crippen LogP contribution in [-0.4, -0.2) is 28.8 Å². The number of methoxy groups -OCH3 is 1. The number of carbonyl (C=O) groups excluding carboxylic acids is 2. The first-order chi connectivity index (χ1) is 14.5. The van der Waals surface area contributed by atoms with E-state index >= 15 is 0 Å². The molecule has 1 heterocycles. The summed E-state index contributed by atoms with van der Waals surface area (Å²) in [7, 11) is 1.37. The van der Waals surface area contributed by atoms with E-state index in [1.165, 1.54) is 12.7 Å². The smallest absolute Gasteiger partial charge is 0.338 e. The van der Waals surface area contributed by atoms with Crippen LogP contribution in [0.15, 0.2) is 54.6 Å². The van der Waals surface area contributed by atoms with Crippen molar-refractivity contribution in [2.75, 3.05) is 12.4 Å². The molecule has 1 fully saturated rings. The summed E-state index contributed by atoms with van der Waals surface area (Å²) >= 11 is 0. The largest absolute Gasteiger partial charge is 0.465 e. The van der Waals surface area contributed by atoms with Gasteiger partial charge in [-0.2, -0.15) is 5.10 Å². The van der Waals surface area contributed by atoms with Crippen LogP contribution in [0.3, 0.4) is 0 Å². The van der Waals surface area contributed by atoms with Crippen LogP contribution in [0, 0.1) is 19.8 Å². The number of nitrogens with one attached hydrogen (secondary N) is 1. The van der Waals surface area contributed by atoms with Gasteiger partial charge in [0, 0.05) is 5.92 Å². The molecule has 3 aromatic rings. The third kappa shape index (κ3) is 3.85. The lowest BCUT2D eigenvalue weighted by molar-refractivity contribution is -0.117. The standard InChI is InChI=1S/C24H25N3O3/c1-15-22(25-23(28)21-13-20(21)17-9-5-4-6-10-17)16(2)27(26-15)14-18-11-7-8-12-19(18)24(29)30-3/h4-12,20-21H,13-14H2,1-3H3,(H,25,28). The number of aromatic nitrogens is 2. The molecule has 2 atom stereocenters. The van der Waals surface area contributed by atoms with Gasteiger partial charge < -0.3 is 10.1 Å². The third-order valence-corrected chi connectivity index (χ3v) is 5.73. The lowest BCUT2D eigenvalue weighted by Gasteiger charge is -2.10. The number of nitrogens with zero attached hydrogens (tertiary/aromatic N) is 2. The predicted molar refractivity (Wildman–Crippen MR) is 115 cm³/mol. The van der Waals surface area contributed by atoms with E-state index in [9.17, 15) is 9.59 Å². The minimum Gasteiger partial charge on any atom is -0.465 e. The van der Waals surface area contributed by atoms with Gasteiger partial charge in [0.2, 0.25) is 5.91 Å². The Labute approximate surface area is 175 Å². The van der Waals surface area contributed by atoms with E-state index in [1.807, 2.05) is 48.9 Å². The number of hydrogen-bond donors (Lipinski definition) is 1. The number of esters is 1. The van der Waals surface area contributed by atoms with Crippen molar-refractivity contribution in [3.8, 4) is 0 Å². The normalized spacial score (nSPS) is 17.4. The number of anilines is 1. The lowest BCUT2D eigenvalue weighted by atomic mass is 10.1. The maximum Gasteiger partial charge on any atom is 0.338 e. The molecule has 0 spiro atoms. The highest BCUT2D eigenvalue weighted by molar-refractivity contribution is 5.96. The molecule has 0 aliphatic heterocycles. The number of aryl methyl sites for hydroxylation is 1. The van der Waals surface area contributed by atoms with Gasteiger partial charge in [0.1, 0.15) is 0 Å². The highest BCUT2D eigenvalue weighted by Crippen LogP contribution is 2.48. The van der Waals surface area contributed by atoms with Gasteiger partial charge in [0.05, 0.1) is 36.3 Å². The first-order valence-corrected chi connectivity index (χ1v) is 10.1. The van der Waals surface area contributed by atoms with Gasteiger partial charge in [-0.25, -0.2) is 4.79 Å². The number of ether oxygens (including phenoxy) is 1. The average Bonchev–Trinajstić information content (AvgIpc) is 3.53. The van der Waals surface area contributed by atoms with Gasteiger partial charge >= 0.3 is 5.97 Å². The summed E-state index contributed by atoms with van der Waals surface area (Å²) in [5, 5.41) is 7.67. The van der Waals surface area contributed by atoms with Crippen molar-refractivity contribution >= 4 is 17.6 Å². The molecule has 1 aliphatic rings. The molecule has 0 saturated heterocycles. The fraction of sp³-hybridized carbons (Fsp3) is 0.292. The highest BCUT2D eigenvalue weighted by atomic mass is 16.5. The van der Waals surface area contributed by atoms with E-state index in [-0.39, 0.29) is 23.7 Å². The van der Waals surface area contributed by atoms with Crippen molar-refractivity contribution in [3.05, 3.63) is 82.7 Å². The summed E-state index contributed by atoms with van der Waals surface area (Å²) in [4.78, 5) is 24.9. The molecule has 154 valence electrons. The quantitative estimate of drug-likeness (QED) is 0.630. The molecule has 2 aromatic carbocycles. The van der Waals surface area contributed by atoms with Crippen molar-refractivity contribution in [2.24, 2.45) is 5.92 Å². The average molecular weight is 403 g/mol. The minimum absolute atomic E-state index is 0.00500. The Hall–Kier alpha value is -3.41. The van der Waals surface area contributed by atoms with Crippen LogP contribution in [-0.2, 0) is 16.1 Å². The zero-order valence-electron chi connectivity index (χ0n) is 17.4. The molecule has 0 bridgehead atoms. The summed E-state index contributed by atoms with van der Waals surface area (Å²) in [5.74, 6) is -0.0608. The van der Waals surface area contributed by atoms with Crippen molar-refractivity contribution in [1.29, 1.82) is 0 Å². The number of carbonyl (C=O) groups is 2. The molecule has 1 N–H and O–H groups in total. The van der Waals surface area contributed by atoms with E-state index in [0.717, 1.165) is 29.1 Å². The van der Waals surface area contributed by atoms with Gasteiger partial charge in [-0.05, 0) is 43.4 Å². The second kappa shape index (κ2) is 8.14. The SMILES string of the molecule is COC(=O)c1ccccc1Cn1nc(C)c(NC(=O)C2CC2c2ccccc2)c1C. The molecule has 4 rings (SSSR count). The molecule has 6 heteroatoms. The second-order valence-corrected chi connectivity index (χ2v) is 7.70. The van der Waals surface area contributed by atoms with Crippen molar-refractivity contribution in [2.45, 2.75) is 32.7 Å². The summed E-state index contributed by atoms with van der Waals surface area (Å²) in [6.07, 6.45) is 0.870. The Kier molecular flexibility index (Phi) is 5.40. The Morgan fingerprint density at radius 1 is 1.10 bits per heavy atom. The monoisotopic (exact) mass is 403 g/mol. The first kappa shape index (κ1) is 19.9. The number of benzene rings is 2. The lowest BCUT2D eigenvalue weighted by Crippen LogP contribution is -2.16. The van der Waals surface area contributed by atoms with Crippen LogP contribution in [0.4, 0.5) is 5.69 Å². The Morgan fingerprint density at radius 3 is 2.53 bits per heavy atom. The zero-order chi connectivity index (χ0) is 21.3. The maximum atomic E-state index is 12.8. The number of amides is 1. The summed E-state index contributed by atoms with van der Waals surface area (Å²) in [5.41, 5.74) is 4.90. The molecule has 1 amide bonds. The van der Waals surface area contributed by atoms with Crippen LogP contribution >= 0.6 is 0 Å². The van der Waals surface area contributed by atoms with Crippen LogP contribution in [0.5, 0.6) is 0 Å². The summed E-state index contributed by atoms with van der Waals surface area (Å²) < 4.78 is 6.69. The predicted octanol–water partition coefficient (Wildman–Crippen LogP) is 4.08. The molecular formula is C24H25N3O3. The maximum absolute atomic E-state index is 12.8. The molecule has 1 aliphatic carbocycles. The van der Waals surface area contributed by atoms with E-state index in [0.29, 0.717) is 12.1 Å². The Bertz CT molecular complexity index is 1090. The molecule has 30 heavy (non-hydrogen) atoms. The van der Waals surface area contributed by atoms with Crippen LogP contribution in [0.2, 0.25) is 0 Å². The van der Waals surface area contributed by atoms with Gasteiger partial charge in [-0.1, -0.05) is 48.5 Å². The zero-order valence-corrected chi connectivity index (χ0v) is 17.4. The van der Waals surface area contributed by atoms with Gasteiger partial charge in [-0.15, -0.1) is 0 Å². The molecule has 0 radical (unpaired) electrons. The topological polar surface area (TPSA) is 73.2 Å². The van der Waals surface area contributed by atoms with Crippen LogP contribution in [0.1, 0.15) is 45.2 Å². The number of rotatable bonds is 6. The fourth-order valence-electron chi connectivity index (χ4n) is 3.93. The molecule has 1 saturated carbocycles. The van der Waals surface area contributed by atoms with Crippen LogP contribution in [0.25, 0.3) is 0 Å². The van der Waals surface area contributed by atoms with Gasteiger partial charge in [0.15, 0.2) is 0 Å². The first-order valence-electron chi connectivity index (χ1n) is 10.1. The van der Waals surface area contributed by atoms with Gasteiger partial charge in [0.25, 0.3) is 0 Å². The van der Waals surface area contributed by atoms with E-state index < -0.39 is 0 Å². The molecule has 1 aromatic heterocycles. The summed E-state index contributed by atoms with van der Waals surface area (Å²) in [6.45, 7) is 4.23. The van der Waals surface area contributed by atoms with E-state index in [2.05, 4.69) is 22.5 Å². The van der Waals surface area contributed by atoms with E-state index in [4.69, 9.17) is 4.74 Å². The molecule has 2 unspecified atom stereocenters. The van der Waals surface area contributed by atoms with Crippen molar-refractivity contribution in [3.63, 3.8) is 0 Å². The van der Waals surface area contributed by atoms with Crippen LogP contribution < -0.4 is 5.32 Å². The minimum atomic E-state index is -0.374. The highest BCUT2D eigenvalue weighted by Gasteiger charge is 2.44. The van der Waals surface area contributed by atoms with Gasteiger partial charge in [-0.3, -0.25) is 9.48 Å². The molecular weight excluding hydrogens is 378 g/mol. The van der Waals surface area contributed by atoms with E-state index in [1.54, 1.807) is 12.1 Å². The second-order valence-electron chi connectivity index (χ2n) is 7.70. The fourth-order valence-corrected chi connectivity index (χ4v) is 3.93. The van der Waals surface area contributed by atoms with Crippen molar-refractivity contribution < 1.29 is 14.3 Å². The Morgan fingerprint density at radius 2 is 1.80 bits per heavy atom. The van der Waals surface area contributed by atoms with Crippen molar-refractivity contribution in [1.82, 2.24) is 9.78 Å². The molecule has 6 nitrogen and oxygen atoms in total. The number of hydrogen-bond acceptors (Lipinski definition) is 4. The summed E-state index contributed by atoms with van der Waals surface area (Å²) in [6, 6.07) is 17.5. The Balaban J connectivity index is 1.50. The third-order valence-electron chi connectivity index (χ3n) is 5.73.